The Hall–Kier alpha value is -3.47. The Labute approximate surface area is 191 Å². The third-order valence-electron chi connectivity index (χ3n) is 6.69. The predicted molar refractivity (Wildman–Crippen MR) is 119 cm³/mol. The first-order valence-corrected chi connectivity index (χ1v) is 11.4. The van der Waals surface area contributed by atoms with Crippen molar-refractivity contribution >= 4 is 33.8 Å². The second-order valence-electron chi connectivity index (χ2n) is 8.47. The van der Waals surface area contributed by atoms with Crippen molar-refractivity contribution < 1.29 is 13.6 Å². The Morgan fingerprint density at radius 2 is 2.12 bits per heavy atom. The van der Waals surface area contributed by atoms with Crippen LogP contribution in [-0.4, -0.2) is 44.3 Å². The molecule has 168 valence electrons. The summed E-state index contributed by atoms with van der Waals surface area (Å²) < 4.78 is 30.4. The number of carbonyl (C=O) groups is 1. The quantitative estimate of drug-likeness (QED) is 0.456. The summed E-state index contributed by atoms with van der Waals surface area (Å²) in [5.41, 5.74) is 1.09. The van der Waals surface area contributed by atoms with Gasteiger partial charge in [0.25, 0.3) is 0 Å². The van der Waals surface area contributed by atoms with Crippen LogP contribution in [0.2, 0.25) is 0 Å². The van der Waals surface area contributed by atoms with Crippen LogP contribution in [0.1, 0.15) is 25.3 Å². The first kappa shape index (κ1) is 20.2. The molecule has 8 nitrogen and oxygen atoms in total. The van der Waals surface area contributed by atoms with E-state index in [9.17, 15) is 13.6 Å². The second kappa shape index (κ2) is 7.01. The highest BCUT2D eigenvalue weighted by Crippen LogP contribution is 2.63. The van der Waals surface area contributed by atoms with E-state index in [0.717, 1.165) is 18.9 Å². The van der Waals surface area contributed by atoms with Crippen LogP contribution in [0.3, 0.4) is 0 Å². The molecule has 0 N–H and O–H groups in total. The van der Waals surface area contributed by atoms with E-state index in [2.05, 4.69) is 20.2 Å². The normalized spacial score (nSPS) is 21.5. The van der Waals surface area contributed by atoms with E-state index in [1.165, 1.54) is 35.3 Å². The van der Waals surface area contributed by atoms with E-state index < -0.39 is 17.2 Å². The molecule has 1 aromatic carbocycles. The summed E-state index contributed by atoms with van der Waals surface area (Å²) in [7, 11) is 1.64. The molecule has 2 aliphatic rings. The largest absolute Gasteiger partial charge is 0.346 e. The molecular weight excluding hydrogens is 448 g/mol. The second-order valence-corrected chi connectivity index (χ2v) is 9.43. The molecule has 0 bridgehead atoms. The predicted octanol–water partition coefficient (Wildman–Crippen LogP) is 3.63. The number of benzene rings is 1. The Bertz CT molecular complexity index is 1420. The SMILES string of the molecule is CC(=O)N(C)c1nnc(-c2cnn3ccc(N4CC[C@H]5C[C@]54c4cc(F)ccc4F)nc23)s1. The van der Waals surface area contributed by atoms with E-state index in [1.807, 2.05) is 6.07 Å². The molecule has 0 radical (unpaired) electrons. The van der Waals surface area contributed by atoms with Crippen LogP contribution in [0.4, 0.5) is 19.7 Å². The zero-order valence-corrected chi connectivity index (χ0v) is 18.7. The lowest BCUT2D eigenvalue weighted by Crippen LogP contribution is -2.34. The fraction of sp³-hybridized carbons (Fsp3) is 0.318. The van der Waals surface area contributed by atoms with Gasteiger partial charge in [-0.05, 0) is 43.0 Å². The molecule has 4 heterocycles. The van der Waals surface area contributed by atoms with Gasteiger partial charge in [-0.25, -0.2) is 18.3 Å². The van der Waals surface area contributed by atoms with Gasteiger partial charge in [-0.1, -0.05) is 11.3 Å². The van der Waals surface area contributed by atoms with Crippen LogP contribution in [0.15, 0.2) is 36.7 Å². The van der Waals surface area contributed by atoms with Crippen molar-refractivity contribution in [2.75, 3.05) is 23.4 Å². The van der Waals surface area contributed by atoms with E-state index in [-0.39, 0.29) is 11.8 Å². The fourth-order valence-corrected chi connectivity index (χ4v) is 5.71. The van der Waals surface area contributed by atoms with Crippen molar-refractivity contribution in [1.29, 1.82) is 0 Å². The molecule has 33 heavy (non-hydrogen) atoms. The van der Waals surface area contributed by atoms with Crippen LogP contribution in [0.25, 0.3) is 16.2 Å². The molecule has 1 saturated carbocycles. The van der Waals surface area contributed by atoms with Gasteiger partial charge in [-0.2, -0.15) is 5.10 Å². The van der Waals surface area contributed by atoms with Crippen molar-refractivity contribution in [3.63, 3.8) is 0 Å². The molecule has 0 spiro atoms. The molecule has 6 rings (SSSR count). The number of halogens is 2. The minimum atomic E-state index is -0.572. The summed E-state index contributed by atoms with van der Waals surface area (Å²) in [6.45, 7) is 2.17. The lowest BCUT2D eigenvalue weighted by atomic mass is 10.0. The van der Waals surface area contributed by atoms with E-state index in [0.29, 0.717) is 39.3 Å². The fourth-order valence-electron chi connectivity index (χ4n) is 4.85. The Balaban J connectivity index is 1.41. The van der Waals surface area contributed by atoms with Crippen LogP contribution >= 0.6 is 11.3 Å². The molecule has 1 aliphatic heterocycles. The van der Waals surface area contributed by atoms with Crippen LogP contribution in [0.5, 0.6) is 0 Å². The van der Waals surface area contributed by atoms with Gasteiger partial charge in [0.05, 0.1) is 17.3 Å². The number of fused-ring (bicyclic) bond motifs is 2. The van der Waals surface area contributed by atoms with Gasteiger partial charge < -0.3 is 4.90 Å². The standard InChI is InChI=1S/C22H19F2N7OS/c1-12(32)29(2)21-28-27-20(33-21)15-11-25-31-8-6-18(26-19(15)31)30-7-5-13-10-22(13,30)16-9-14(23)3-4-17(16)24/h3-4,6,8-9,11,13H,5,7,10H2,1-2H3/t13-,22+/m0/s1. The number of anilines is 2. The summed E-state index contributed by atoms with van der Waals surface area (Å²) >= 11 is 1.27. The summed E-state index contributed by atoms with van der Waals surface area (Å²) in [5, 5.41) is 13.8. The minimum Gasteiger partial charge on any atom is -0.346 e. The highest BCUT2D eigenvalue weighted by molar-refractivity contribution is 7.18. The number of amides is 1. The molecule has 3 aromatic heterocycles. The van der Waals surface area contributed by atoms with Gasteiger partial charge in [0.1, 0.15) is 17.5 Å². The summed E-state index contributed by atoms with van der Waals surface area (Å²) in [6, 6.07) is 5.50. The number of nitrogens with zero attached hydrogens (tertiary/aromatic N) is 7. The molecule has 2 atom stereocenters. The molecule has 1 saturated heterocycles. The van der Waals surface area contributed by atoms with Crippen molar-refractivity contribution in [2.45, 2.75) is 25.3 Å². The molecule has 4 aromatic rings. The zero-order valence-electron chi connectivity index (χ0n) is 17.9. The maximum atomic E-state index is 14.7. The van der Waals surface area contributed by atoms with Gasteiger partial charge in [0, 0.05) is 32.3 Å². The lowest BCUT2D eigenvalue weighted by molar-refractivity contribution is -0.116. The van der Waals surface area contributed by atoms with Crippen molar-refractivity contribution in [3.8, 4) is 10.6 Å². The summed E-state index contributed by atoms with van der Waals surface area (Å²) in [5.74, 6) is -0.0290. The summed E-state index contributed by atoms with van der Waals surface area (Å²) in [4.78, 5) is 20.0. The van der Waals surface area contributed by atoms with Crippen molar-refractivity contribution in [2.24, 2.45) is 5.92 Å². The maximum absolute atomic E-state index is 14.7. The first-order chi connectivity index (χ1) is 15.9. The van der Waals surface area contributed by atoms with Gasteiger partial charge >= 0.3 is 0 Å². The van der Waals surface area contributed by atoms with Crippen LogP contribution < -0.4 is 9.80 Å². The van der Waals surface area contributed by atoms with E-state index in [1.54, 1.807) is 24.0 Å². The number of aromatic nitrogens is 5. The van der Waals surface area contributed by atoms with Gasteiger partial charge in [0.15, 0.2) is 10.7 Å². The highest BCUT2D eigenvalue weighted by Gasteiger charge is 2.64. The summed E-state index contributed by atoms with van der Waals surface area (Å²) in [6.07, 6.45) is 5.13. The van der Waals surface area contributed by atoms with Crippen LogP contribution in [0, 0.1) is 17.6 Å². The molecule has 11 heteroatoms. The number of hydrogen-bond donors (Lipinski definition) is 0. The zero-order chi connectivity index (χ0) is 22.9. The maximum Gasteiger partial charge on any atom is 0.225 e. The minimum absolute atomic E-state index is 0.138. The van der Waals surface area contributed by atoms with Crippen molar-refractivity contribution in [1.82, 2.24) is 24.8 Å². The number of rotatable bonds is 4. The average molecular weight is 468 g/mol. The molecule has 1 aliphatic carbocycles. The Morgan fingerprint density at radius 3 is 2.91 bits per heavy atom. The number of hydrogen-bond acceptors (Lipinski definition) is 7. The average Bonchev–Trinajstić information content (AvgIpc) is 3.17. The monoisotopic (exact) mass is 467 g/mol. The van der Waals surface area contributed by atoms with Gasteiger partial charge in [0.2, 0.25) is 11.0 Å². The molecular formula is C22H19F2N7OS. The molecule has 2 fully saturated rings. The number of piperidine rings is 1. The Kier molecular flexibility index (Phi) is 4.28. The first-order valence-electron chi connectivity index (χ1n) is 10.5. The Morgan fingerprint density at radius 1 is 1.27 bits per heavy atom. The topological polar surface area (TPSA) is 79.5 Å². The van der Waals surface area contributed by atoms with E-state index in [4.69, 9.17) is 4.98 Å². The van der Waals surface area contributed by atoms with Crippen LogP contribution in [-0.2, 0) is 10.3 Å². The molecule has 0 unspecified atom stereocenters. The highest BCUT2D eigenvalue weighted by atomic mass is 32.1. The lowest BCUT2D eigenvalue weighted by Gasteiger charge is -2.30. The third kappa shape index (κ3) is 2.95. The third-order valence-corrected chi connectivity index (χ3v) is 7.72. The molecule has 1 amide bonds. The van der Waals surface area contributed by atoms with Gasteiger partial charge in [-0.15, -0.1) is 10.2 Å². The van der Waals surface area contributed by atoms with E-state index >= 15 is 0 Å². The smallest absolute Gasteiger partial charge is 0.225 e. The number of carbonyl (C=O) groups excluding carboxylic acids is 1. The van der Waals surface area contributed by atoms with Gasteiger partial charge in [-0.3, -0.25) is 9.69 Å². The van der Waals surface area contributed by atoms with Crippen molar-refractivity contribution in [3.05, 3.63) is 53.9 Å².